The Morgan fingerprint density at radius 2 is 1.77 bits per heavy atom. The number of ether oxygens (including phenoxy) is 1. The van der Waals surface area contributed by atoms with E-state index in [-0.39, 0.29) is 5.13 Å². The lowest BCUT2D eigenvalue weighted by molar-refractivity contribution is -0.116. The summed E-state index contributed by atoms with van der Waals surface area (Å²) in [6.07, 6.45) is 1.92. The number of rotatable bonds is 8. The molecular formula is C21H24N4O4S2. The van der Waals surface area contributed by atoms with Crippen molar-refractivity contribution in [1.82, 2.24) is 10.2 Å². The molecule has 1 atom stereocenters. The van der Waals surface area contributed by atoms with E-state index in [2.05, 4.69) is 15.5 Å². The second-order valence-electron chi connectivity index (χ2n) is 6.88. The number of carbonyl (C=O) groups excluding carboxylic acids is 1. The molecule has 3 aromatic rings. The van der Waals surface area contributed by atoms with Gasteiger partial charge in [0, 0.05) is 5.56 Å². The number of amides is 1. The van der Waals surface area contributed by atoms with Crippen molar-refractivity contribution in [2.24, 2.45) is 0 Å². The number of carbonyl (C=O) groups is 1. The molecule has 1 aromatic heterocycles. The summed E-state index contributed by atoms with van der Waals surface area (Å²) < 4.78 is 31.1. The van der Waals surface area contributed by atoms with Gasteiger partial charge in [0.25, 0.3) is 0 Å². The third-order valence-corrected chi connectivity index (χ3v) is 6.81. The van der Waals surface area contributed by atoms with Gasteiger partial charge < -0.3 is 4.74 Å². The topological polar surface area (TPSA) is 101 Å². The maximum Gasteiger partial charge on any atom is 0.249 e. The van der Waals surface area contributed by atoms with Crippen molar-refractivity contribution in [3.8, 4) is 16.3 Å². The highest BCUT2D eigenvalue weighted by Crippen LogP contribution is 2.28. The summed E-state index contributed by atoms with van der Waals surface area (Å²) >= 11 is 1.20. The molecule has 0 spiro atoms. The first-order chi connectivity index (χ1) is 14.7. The zero-order chi connectivity index (χ0) is 22.6. The van der Waals surface area contributed by atoms with Crippen molar-refractivity contribution in [2.75, 3.05) is 23.0 Å². The van der Waals surface area contributed by atoms with E-state index in [9.17, 15) is 13.2 Å². The summed E-state index contributed by atoms with van der Waals surface area (Å²) in [4.78, 5) is 12.8. The van der Waals surface area contributed by atoms with E-state index in [1.165, 1.54) is 18.3 Å². The molecule has 0 aliphatic carbocycles. The predicted octanol–water partition coefficient (Wildman–Crippen LogP) is 3.57. The fourth-order valence-corrected chi connectivity index (χ4v) is 4.95. The Morgan fingerprint density at radius 3 is 2.32 bits per heavy atom. The van der Waals surface area contributed by atoms with E-state index >= 15 is 0 Å². The highest BCUT2D eigenvalue weighted by molar-refractivity contribution is 7.92. The molecule has 0 aliphatic heterocycles. The summed E-state index contributed by atoms with van der Waals surface area (Å²) in [6.45, 7) is 3.55. The Bertz CT molecular complexity index is 1140. The van der Waals surface area contributed by atoms with Crippen LogP contribution in [0.5, 0.6) is 5.75 Å². The molecule has 10 heteroatoms. The average Bonchev–Trinajstić information content (AvgIpc) is 3.21. The van der Waals surface area contributed by atoms with Crippen LogP contribution in [0.3, 0.4) is 0 Å². The molecule has 0 saturated heterocycles. The predicted molar refractivity (Wildman–Crippen MR) is 123 cm³/mol. The number of sulfonamides is 1. The van der Waals surface area contributed by atoms with E-state index < -0.39 is 22.0 Å². The van der Waals surface area contributed by atoms with Crippen LogP contribution in [-0.4, -0.2) is 43.9 Å². The number of benzene rings is 2. The molecule has 8 nitrogen and oxygen atoms in total. The minimum absolute atomic E-state index is 0.289. The Kier molecular flexibility index (Phi) is 6.91. The van der Waals surface area contributed by atoms with Crippen LogP contribution in [0.25, 0.3) is 10.6 Å². The van der Waals surface area contributed by atoms with Crippen LogP contribution in [0.2, 0.25) is 0 Å². The van der Waals surface area contributed by atoms with Gasteiger partial charge in [0.2, 0.25) is 21.1 Å². The van der Waals surface area contributed by atoms with E-state index in [1.807, 2.05) is 43.3 Å². The van der Waals surface area contributed by atoms with Crippen LogP contribution < -0.4 is 14.4 Å². The van der Waals surface area contributed by atoms with Crippen LogP contribution in [0.4, 0.5) is 10.8 Å². The number of methoxy groups -OCH3 is 1. The first-order valence-corrected chi connectivity index (χ1v) is 12.3. The summed E-state index contributed by atoms with van der Waals surface area (Å²) in [6, 6.07) is 13.4. The van der Waals surface area contributed by atoms with Crippen molar-refractivity contribution in [3.05, 3.63) is 54.1 Å². The molecule has 0 saturated carbocycles. The summed E-state index contributed by atoms with van der Waals surface area (Å²) in [5.41, 5.74) is 2.34. The maximum absolute atomic E-state index is 12.8. The molecule has 3 rings (SSSR count). The van der Waals surface area contributed by atoms with Gasteiger partial charge in [-0.2, -0.15) is 0 Å². The smallest absolute Gasteiger partial charge is 0.249 e. The molecule has 0 aliphatic rings. The second kappa shape index (κ2) is 9.44. The molecular weight excluding hydrogens is 436 g/mol. The van der Waals surface area contributed by atoms with Crippen LogP contribution in [0.15, 0.2) is 48.5 Å². The minimum Gasteiger partial charge on any atom is -0.497 e. The van der Waals surface area contributed by atoms with Crippen molar-refractivity contribution in [3.63, 3.8) is 0 Å². The number of nitrogens with one attached hydrogen (secondary N) is 1. The van der Waals surface area contributed by atoms with Crippen molar-refractivity contribution >= 4 is 38.1 Å². The molecule has 1 amide bonds. The number of hydrogen-bond acceptors (Lipinski definition) is 7. The molecule has 0 fully saturated rings. The van der Waals surface area contributed by atoms with Gasteiger partial charge in [-0.3, -0.25) is 14.4 Å². The Labute approximate surface area is 185 Å². The first-order valence-electron chi connectivity index (χ1n) is 9.60. The molecule has 0 unspecified atom stereocenters. The van der Waals surface area contributed by atoms with Gasteiger partial charge in [0.15, 0.2) is 0 Å². The summed E-state index contributed by atoms with van der Waals surface area (Å²) in [5.74, 6) is 0.228. The zero-order valence-electron chi connectivity index (χ0n) is 17.7. The van der Waals surface area contributed by atoms with Gasteiger partial charge >= 0.3 is 0 Å². The number of aromatic nitrogens is 2. The fourth-order valence-electron chi connectivity index (χ4n) is 3.02. The van der Waals surface area contributed by atoms with Gasteiger partial charge in [-0.05, 0) is 55.3 Å². The number of anilines is 2. The largest absolute Gasteiger partial charge is 0.497 e. The second-order valence-corrected chi connectivity index (χ2v) is 9.72. The minimum atomic E-state index is -3.69. The van der Waals surface area contributed by atoms with Crippen molar-refractivity contribution < 1.29 is 17.9 Å². The molecule has 1 N–H and O–H groups in total. The van der Waals surface area contributed by atoms with Crippen LogP contribution >= 0.6 is 11.3 Å². The fraction of sp³-hybridized carbons (Fsp3) is 0.286. The van der Waals surface area contributed by atoms with Crippen molar-refractivity contribution in [1.29, 1.82) is 0 Å². The number of hydrogen-bond donors (Lipinski definition) is 1. The van der Waals surface area contributed by atoms with Gasteiger partial charge in [-0.25, -0.2) is 8.42 Å². The van der Waals surface area contributed by atoms with Gasteiger partial charge in [0.05, 0.1) is 19.1 Å². The Hall–Kier alpha value is -2.98. The third kappa shape index (κ3) is 5.39. The van der Waals surface area contributed by atoms with E-state index in [0.717, 1.165) is 33.9 Å². The lowest BCUT2D eigenvalue weighted by Gasteiger charge is -2.28. The normalized spacial score (nSPS) is 12.3. The summed E-state index contributed by atoms with van der Waals surface area (Å²) in [7, 11) is -2.10. The zero-order valence-corrected chi connectivity index (χ0v) is 19.3. The van der Waals surface area contributed by atoms with Gasteiger partial charge in [0.1, 0.15) is 16.8 Å². The molecule has 0 radical (unpaired) electrons. The SMILES string of the molecule is CCc1ccc(N([C@@H](C)C(=O)Nc2nnc(-c3ccc(OC)cc3)s2)S(C)(=O)=O)cc1. The lowest BCUT2D eigenvalue weighted by atomic mass is 10.1. The molecule has 1 heterocycles. The van der Waals surface area contributed by atoms with Crippen LogP contribution in [-0.2, 0) is 21.2 Å². The van der Waals surface area contributed by atoms with E-state index in [1.54, 1.807) is 19.2 Å². The Morgan fingerprint density at radius 1 is 1.13 bits per heavy atom. The van der Waals surface area contributed by atoms with Gasteiger partial charge in [-0.15, -0.1) is 10.2 Å². The van der Waals surface area contributed by atoms with Crippen LogP contribution in [0, 0.1) is 0 Å². The molecule has 164 valence electrons. The Balaban J connectivity index is 1.78. The molecule has 0 bridgehead atoms. The van der Waals surface area contributed by atoms with E-state index in [4.69, 9.17) is 4.74 Å². The number of aryl methyl sites for hydroxylation is 1. The summed E-state index contributed by atoms with van der Waals surface area (Å²) in [5, 5.41) is 11.7. The lowest BCUT2D eigenvalue weighted by Crippen LogP contribution is -2.45. The number of nitrogens with zero attached hydrogens (tertiary/aromatic N) is 3. The standard InChI is InChI=1S/C21H24N4O4S2/c1-5-15-6-10-17(11-7-15)25(31(4,27)28)14(2)19(26)22-21-24-23-20(30-21)16-8-12-18(29-3)13-9-16/h6-14H,5H2,1-4H3,(H,22,24,26)/t14-/m0/s1. The maximum atomic E-state index is 12.8. The quantitative estimate of drug-likeness (QED) is 0.551. The monoisotopic (exact) mass is 460 g/mol. The van der Waals surface area contributed by atoms with E-state index in [0.29, 0.717) is 10.7 Å². The highest BCUT2D eigenvalue weighted by Gasteiger charge is 2.29. The molecule has 31 heavy (non-hydrogen) atoms. The average molecular weight is 461 g/mol. The van der Waals surface area contributed by atoms with Crippen molar-refractivity contribution in [2.45, 2.75) is 26.3 Å². The first kappa shape index (κ1) is 22.7. The third-order valence-electron chi connectivity index (χ3n) is 4.68. The van der Waals surface area contributed by atoms with Gasteiger partial charge in [-0.1, -0.05) is 30.4 Å². The van der Waals surface area contributed by atoms with Crippen LogP contribution in [0.1, 0.15) is 19.4 Å². The highest BCUT2D eigenvalue weighted by atomic mass is 32.2. The molecule has 2 aromatic carbocycles.